The highest BCUT2D eigenvalue weighted by atomic mass is 32.2. The van der Waals surface area contributed by atoms with Crippen molar-refractivity contribution in [2.45, 2.75) is 31.1 Å². The average Bonchev–Trinajstić information content (AvgIpc) is 2.81. The summed E-state index contributed by atoms with van der Waals surface area (Å²) >= 11 is 0. The fraction of sp³-hybridized carbons (Fsp3) is 0.348. The molecule has 0 aliphatic heterocycles. The van der Waals surface area contributed by atoms with E-state index in [2.05, 4.69) is 10.1 Å². The molecule has 0 aliphatic carbocycles. The Kier molecular flexibility index (Phi) is 7.80. The monoisotopic (exact) mass is 475 g/mol. The summed E-state index contributed by atoms with van der Waals surface area (Å²) in [7, 11) is -0.528. The molecule has 0 aliphatic rings. The highest BCUT2D eigenvalue weighted by Crippen LogP contribution is 2.31. The summed E-state index contributed by atoms with van der Waals surface area (Å²) in [5.74, 6) is 0.0360. The molecule has 176 valence electrons. The number of methoxy groups -OCH3 is 1. The number of sulfone groups is 1. The maximum Gasteiger partial charge on any atom is 0.270 e. The summed E-state index contributed by atoms with van der Waals surface area (Å²) in [4.78, 5) is 16.1. The van der Waals surface area contributed by atoms with Crippen LogP contribution in [0.5, 0.6) is 11.5 Å². The van der Waals surface area contributed by atoms with Gasteiger partial charge in [-0.1, -0.05) is 6.92 Å². The van der Waals surface area contributed by atoms with Crippen molar-refractivity contribution in [2.75, 3.05) is 19.5 Å². The zero-order chi connectivity index (χ0) is 24.0. The van der Waals surface area contributed by atoms with Gasteiger partial charge in [-0.05, 0) is 49.1 Å². The van der Waals surface area contributed by atoms with Crippen molar-refractivity contribution in [3.63, 3.8) is 0 Å². The summed E-state index contributed by atoms with van der Waals surface area (Å²) in [6.07, 6.45) is 5.56. The molecule has 3 aromatic rings. The minimum absolute atomic E-state index is 0.0192. The van der Waals surface area contributed by atoms with E-state index in [0.29, 0.717) is 12.2 Å². The van der Waals surface area contributed by atoms with Crippen molar-refractivity contribution >= 4 is 9.84 Å². The van der Waals surface area contributed by atoms with Crippen molar-refractivity contribution in [1.82, 2.24) is 14.8 Å². The average molecular weight is 476 g/mol. The molecule has 0 N–H and O–H groups in total. The second-order valence-corrected chi connectivity index (χ2v) is 9.64. The third-order valence-corrected chi connectivity index (χ3v) is 6.91. The molecule has 0 amide bonds. The van der Waals surface area contributed by atoms with Gasteiger partial charge in [0.05, 0.1) is 30.6 Å². The van der Waals surface area contributed by atoms with E-state index >= 15 is 0 Å². The Balaban J connectivity index is 1.80. The van der Waals surface area contributed by atoms with E-state index in [-0.39, 0.29) is 34.3 Å². The van der Waals surface area contributed by atoms with Gasteiger partial charge in [-0.25, -0.2) is 17.5 Å². The first-order valence-electron chi connectivity index (χ1n) is 10.5. The lowest BCUT2D eigenvalue weighted by Crippen LogP contribution is -2.20. The van der Waals surface area contributed by atoms with E-state index in [0.717, 1.165) is 29.2 Å². The van der Waals surface area contributed by atoms with Gasteiger partial charge in [0, 0.05) is 24.9 Å². The number of nitrogens with zero attached hydrogens (tertiary/aromatic N) is 3. The number of benzene rings is 1. The number of hydrogen-bond acceptors (Lipinski definition) is 7. The Hall–Kier alpha value is -3.27. The molecule has 10 heteroatoms. The van der Waals surface area contributed by atoms with Crippen LogP contribution in [0.1, 0.15) is 25.3 Å². The normalized spacial score (nSPS) is 11.4. The first-order valence-corrected chi connectivity index (χ1v) is 12.1. The molecule has 0 fully saturated rings. The number of unbranched alkanes of at least 4 members (excludes halogenated alkanes) is 1. The zero-order valence-electron chi connectivity index (χ0n) is 18.7. The summed E-state index contributed by atoms with van der Waals surface area (Å²) in [5, 5.41) is 4.14. The largest absolute Gasteiger partial charge is 0.495 e. The third-order valence-electron chi connectivity index (χ3n) is 5.18. The van der Waals surface area contributed by atoms with Gasteiger partial charge in [-0.15, -0.1) is 0 Å². The quantitative estimate of drug-likeness (QED) is 0.328. The van der Waals surface area contributed by atoms with Crippen molar-refractivity contribution in [3.8, 4) is 22.8 Å². The molecule has 0 saturated heterocycles. The van der Waals surface area contributed by atoms with Crippen molar-refractivity contribution in [1.29, 1.82) is 0 Å². The fourth-order valence-corrected chi connectivity index (χ4v) is 4.17. The molecule has 3 rings (SSSR count). The number of aromatic nitrogens is 3. The van der Waals surface area contributed by atoms with Gasteiger partial charge in [0.1, 0.15) is 17.3 Å². The van der Waals surface area contributed by atoms with Crippen LogP contribution in [0.3, 0.4) is 0 Å². The maximum atomic E-state index is 14.7. The van der Waals surface area contributed by atoms with Gasteiger partial charge in [-0.2, -0.15) is 5.10 Å². The van der Waals surface area contributed by atoms with Crippen LogP contribution in [0.4, 0.5) is 4.39 Å². The summed E-state index contributed by atoms with van der Waals surface area (Å²) in [5.41, 5.74) is 0.627. The highest BCUT2D eigenvalue weighted by Gasteiger charge is 2.20. The van der Waals surface area contributed by atoms with E-state index < -0.39 is 21.2 Å². The first-order chi connectivity index (χ1) is 15.8. The van der Waals surface area contributed by atoms with Gasteiger partial charge in [0.15, 0.2) is 15.6 Å². The Bertz CT molecular complexity index is 1290. The number of aryl methyl sites for hydroxylation is 2. The highest BCUT2D eigenvalue weighted by molar-refractivity contribution is 7.91. The third kappa shape index (κ3) is 5.75. The molecule has 2 heterocycles. The summed E-state index contributed by atoms with van der Waals surface area (Å²) in [6.45, 7) is 1.78. The van der Waals surface area contributed by atoms with E-state index in [9.17, 15) is 17.6 Å². The fourth-order valence-electron chi connectivity index (χ4n) is 3.26. The molecule has 0 spiro atoms. The second-order valence-electron chi connectivity index (χ2n) is 7.36. The summed E-state index contributed by atoms with van der Waals surface area (Å²) in [6, 6.07) is 6.64. The van der Waals surface area contributed by atoms with Crippen LogP contribution in [0.25, 0.3) is 11.3 Å². The van der Waals surface area contributed by atoms with E-state index in [4.69, 9.17) is 9.47 Å². The predicted octanol–water partition coefficient (Wildman–Crippen LogP) is 3.19. The number of ether oxygens (including phenoxy) is 2. The van der Waals surface area contributed by atoms with Gasteiger partial charge >= 0.3 is 0 Å². The van der Waals surface area contributed by atoms with Gasteiger partial charge in [-0.3, -0.25) is 9.78 Å². The molecule has 0 atom stereocenters. The van der Waals surface area contributed by atoms with E-state index in [1.165, 1.54) is 32.2 Å². The lowest BCUT2D eigenvalue weighted by molar-refractivity contribution is 0.304. The summed E-state index contributed by atoms with van der Waals surface area (Å²) < 4.78 is 51.3. The lowest BCUT2D eigenvalue weighted by atomic mass is 10.1. The SMILES string of the molecule is CCS(=O)(=O)c1ccc(F)c(-c2nn(C)c(=O)cc2OCCCCc2ccncc2OC)c1. The van der Waals surface area contributed by atoms with Gasteiger partial charge in [0.2, 0.25) is 0 Å². The topological polar surface area (TPSA) is 100 Å². The Morgan fingerprint density at radius 2 is 1.91 bits per heavy atom. The van der Waals surface area contributed by atoms with Gasteiger partial charge in [0.25, 0.3) is 5.56 Å². The number of hydrogen-bond donors (Lipinski definition) is 0. The van der Waals surface area contributed by atoms with Crippen molar-refractivity contribution in [2.24, 2.45) is 7.05 Å². The van der Waals surface area contributed by atoms with E-state index in [1.54, 1.807) is 19.5 Å². The molecule has 8 nitrogen and oxygen atoms in total. The van der Waals surface area contributed by atoms with Crippen molar-refractivity contribution in [3.05, 3.63) is 64.5 Å². The molecule has 2 aromatic heterocycles. The molecule has 33 heavy (non-hydrogen) atoms. The van der Waals surface area contributed by atoms with Crippen LogP contribution >= 0.6 is 0 Å². The lowest BCUT2D eigenvalue weighted by Gasteiger charge is -2.13. The minimum atomic E-state index is -3.55. The molecule has 1 aromatic carbocycles. The zero-order valence-corrected chi connectivity index (χ0v) is 19.6. The smallest absolute Gasteiger partial charge is 0.270 e. The van der Waals surface area contributed by atoms with Crippen molar-refractivity contribution < 1.29 is 22.3 Å². The minimum Gasteiger partial charge on any atom is -0.495 e. The molecule has 0 saturated carbocycles. The molecule has 0 bridgehead atoms. The van der Waals surface area contributed by atoms with Crippen LogP contribution < -0.4 is 15.0 Å². The number of pyridine rings is 1. The van der Waals surface area contributed by atoms with Gasteiger partial charge < -0.3 is 9.47 Å². The van der Waals surface area contributed by atoms with Crippen LogP contribution in [-0.4, -0.2) is 42.7 Å². The van der Waals surface area contributed by atoms with Crippen LogP contribution in [0.2, 0.25) is 0 Å². The Labute approximate surface area is 191 Å². The number of rotatable bonds is 10. The molecular weight excluding hydrogens is 449 g/mol. The molecular formula is C23H26FN3O5S. The molecule has 0 radical (unpaired) electrons. The predicted molar refractivity (Wildman–Crippen MR) is 122 cm³/mol. The Morgan fingerprint density at radius 1 is 1.12 bits per heavy atom. The van der Waals surface area contributed by atoms with Crippen LogP contribution in [0, 0.1) is 5.82 Å². The van der Waals surface area contributed by atoms with Crippen LogP contribution in [-0.2, 0) is 23.3 Å². The standard InChI is InChI=1S/C23H26FN3O5S/c1-4-33(29,30)17-8-9-19(24)18(13-17)23-20(14-22(28)27(2)26-23)32-12-6-5-7-16-10-11-25-15-21(16)31-3/h8-11,13-15H,4-7,12H2,1-3H3. The Morgan fingerprint density at radius 3 is 2.64 bits per heavy atom. The van der Waals surface area contributed by atoms with E-state index in [1.807, 2.05) is 6.07 Å². The first kappa shape index (κ1) is 24.4. The molecule has 0 unspecified atom stereocenters. The number of halogens is 1. The second kappa shape index (κ2) is 10.6. The maximum absolute atomic E-state index is 14.7. The van der Waals surface area contributed by atoms with Crippen LogP contribution in [0.15, 0.2) is 52.4 Å².